The minimum Gasteiger partial charge on any atom is -0.472 e. The summed E-state index contributed by atoms with van der Waals surface area (Å²) in [5, 5.41) is 6.68. The molecule has 0 radical (unpaired) electrons. The van der Waals surface area contributed by atoms with E-state index in [4.69, 9.17) is 9.40 Å². The lowest BCUT2D eigenvalue weighted by Crippen LogP contribution is -2.38. The third-order valence-electron chi connectivity index (χ3n) is 6.83. The van der Waals surface area contributed by atoms with Crippen LogP contribution in [0.2, 0.25) is 0 Å². The van der Waals surface area contributed by atoms with Crippen LogP contribution in [-0.4, -0.2) is 45.7 Å². The predicted octanol–water partition coefficient (Wildman–Crippen LogP) is 4.61. The Hall–Kier alpha value is -4.02. The topological polar surface area (TPSA) is 113 Å². The fraction of sp³-hybridized carbons (Fsp3) is 0.250. The fourth-order valence-electron chi connectivity index (χ4n) is 4.84. The summed E-state index contributed by atoms with van der Waals surface area (Å²) in [4.78, 5) is 39.7. The zero-order valence-electron chi connectivity index (χ0n) is 20.6. The molecule has 0 spiro atoms. The molecule has 6 rings (SSSR count). The van der Waals surface area contributed by atoms with Gasteiger partial charge in [0.1, 0.15) is 0 Å². The van der Waals surface area contributed by atoms with Gasteiger partial charge < -0.3 is 14.6 Å². The lowest BCUT2D eigenvalue weighted by atomic mass is 9.96. The second kappa shape index (κ2) is 10.8. The summed E-state index contributed by atoms with van der Waals surface area (Å²) in [6, 6.07) is 14.1. The number of hydrogen-bond acceptors (Lipinski definition) is 9. The van der Waals surface area contributed by atoms with E-state index in [0.717, 1.165) is 78.5 Å². The van der Waals surface area contributed by atoms with Gasteiger partial charge in [0.2, 0.25) is 5.95 Å². The van der Waals surface area contributed by atoms with Crippen LogP contribution < -0.4 is 15.5 Å². The summed E-state index contributed by atoms with van der Waals surface area (Å²) in [7, 11) is 0. The van der Waals surface area contributed by atoms with Crippen molar-refractivity contribution in [3.63, 3.8) is 0 Å². The molecule has 9 nitrogen and oxygen atoms in total. The molecule has 4 aromatic rings. The Bertz CT molecular complexity index is 1510. The maximum atomic E-state index is 11.8. The zero-order valence-corrected chi connectivity index (χ0v) is 21.4. The second-order valence-electron chi connectivity index (χ2n) is 9.40. The van der Waals surface area contributed by atoms with Crippen molar-refractivity contribution in [2.24, 2.45) is 5.92 Å². The number of carbonyl (C=O) groups is 2. The molecule has 10 heteroatoms. The first-order chi connectivity index (χ1) is 18.6. The molecular formula is C28H26N6O3S. The lowest BCUT2D eigenvalue weighted by Gasteiger charge is -2.32. The Kier molecular flexibility index (Phi) is 6.89. The molecule has 2 aliphatic rings. The molecule has 192 valence electrons. The SMILES string of the molecule is O=C1NC(=O)/C(=C\c2ccnc(N3CCC(CNCc4cc5ccccc5nc4-c4ccoc4)CC3)n2)S1. The molecule has 0 atom stereocenters. The largest absolute Gasteiger partial charge is 0.472 e. The van der Waals surface area contributed by atoms with E-state index in [1.165, 1.54) is 0 Å². The first-order valence-corrected chi connectivity index (χ1v) is 13.4. The maximum absolute atomic E-state index is 11.8. The first kappa shape index (κ1) is 24.3. The lowest BCUT2D eigenvalue weighted by molar-refractivity contribution is -0.115. The number of carbonyl (C=O) groups excluding carboxylic acids is 2. The number of thioether (sulfide) groups is 1. The number of nitrogens with one attached hydrogen (secondary N) is 2. The van der Waals surface area contributed by atoms with E-state index in [0.29, 0.717) is 22.5 Å². The second-order valence-corrected chi connectivity index (χ2v) is 10.4. The van der Waals surface area contributed by atoms with Gasteiger partial charge in [-0.15, -0.1) is 0 Å². The number of benzene rings is 1. The molecule has 0 bridgehead atoms. The van der Waals surface area contributed by atoms with Crippen molar-refractivity contribution in [1.82, 2.24) is 25.6 Å². The van der Waals surface area contributed by atoms with E-state index in [-0.39, 0.29) is 11.1 Å². The van der Waals surface area contributed by atoms with Crippen LogP contribution in [-0.2, 0) is 11.3 Å². The molecule has 0 saturated carbocycles. The minimum atomic E-state index is -0.384. The van der Waals surface area contributed by atoms with Gasteiger partial charge in [0.05, 0.1) is 34.3 Å². The number of pyridine rings is 1. The fourth-order valence-corrected chi connectivity index (χ4v) is 5.51. The van der Waals surface area contributed by atoms with Crippen LogP contribution >= 0.6 is 11.8 Å². The van der Waals surface area contributed by atoms with Crippen molar-refractivity contribution in [2.75, 3.05) is 24.5 Å². The van der Waals surface area contributed by atoms with Gasteiger partial charge >= 0.3 is 0 Å². The van der Waals surface area contributed by atoms with Gasteiger partial charge in [-0.05, 0) is 73.0 Å². The summed E-state index contributed by atoms with van der Waals surface area (Å²) in [5.74, 6) is 0.809. The van der Waals surface area contributed by atoms with Crippen molar-refractivity contribution in [2.45, 2.75) is 19.4 Å². The quantitative estimate of drug-likeness (QED) is 0.333. The molecule has 2 fully saturated rings. The van der Waals surface area contributed by atoms with E-state index in [1.807, 2.05) is 24.3 Å². The third-order valence-corrected chi connectivity index (χ3v) is 7.64. The number of aromatic nitrogens is 3. The van der Waals surface area contributed by atoms with Gasteiger partial charge in [0, 0.05) is 36.8 Å². The summed E-state index contributed by atoms with van der Waals surface area (Å²) < 4.78 is 5.32. The molecule has 5 heterocycles. The van der Waals surface area contributed by atoms with E-state index in [1.54, 1.807) is 30.9 Å². The Morgan fingerprint density at radius 1 is 1.13 bits per heavy atom. The van der Waals surface area contributed by atoms with Crippen LogP contribution in [0.15, 0.2) is 70.5 Å². The highest BCUT2D eigenvalue weighted by Gasteiger charge is 2.26. The van der Waals surface area contributed by atoms with Gasteiger partial charge in [-0.2, -0.15) is 0 Å². The number of amides is 2. The maximum Gasteiger partial charge on any atom is 0.290 e. The summed E-state index contributed by atoms with van der Waals surface area (Å²) in [6.45, 7) is 3.36. The summed E-state index contributed by atoms with van der Waals surface area (Å²) in [6.07, 6.45) is 8.80. The highest BCUT2D eigenvalue weighted by Crippen LogP contribution is 2.28. The number of imide groups is 1. The number of anilines is 1. The van der Waals surface area contributed by atoms with Crippen molar-refractivity contribution in [3.8, 4) is 11.3 Å². The highest BCUT2D eigenvalue weighted by atomic mass is 32.2. The predicted molar refractivity (Wildman–Crippen MR) is 147 cm³/mol. The van der Waals surface area contributed by atoms with Gasteiger partial charge in [-0.1, -0.05) is 18.2 Å². The van der Waals surface area contributed by atoms with E-state index in [2.05, 4.69) is 37.6 Å². The Morgan fingerprint density at radius 2 is 2.00 bits per heavy atom. The Balaban J connectivity index is 1.06. The smallest absolute Gasteiger partial charge is 0.290 e. The monoisotopic (exact) mass is 526 g/mol. The molecule has 3 aromatic heterocycles. The van der Waals surface area contributed by atoms with Crippen LogP contribution in [0.1, 0.15) is 24.1 Å². The molecular weight excluding hydrogens is 500 g/mol. The molecule has 2 amide bonds. The van der Waals surface area contributed by atoms with Gasteiger partial charge in [-0.3, -0.25) is 14.9 Å². The van der Waals surface area contributed by atoms with Crippen LogP contribution in [0.25, 0.3) is 28.2 Å². The molecule has 0 unspecified atom stereocenters. The number of para-hydroxylation sites is 1. The van der Waals surface area contributed by atoms with Crippen molar-refractivity contribution in [3.05, 3.63) is 77.4 Å². The van der Waals surface area contributed by atoms with E-state index < -0.39 is 0 Å². The summed E-state index contributed by atoms with van der Waals surface area (Å²) >= 11 is 0.889. The molecule has 0 aliphatic carbocycles. The highest BCUT2D eigenvalue weighted by molar-refractivity contribution is 8.18. The zero-order chi connectivity index (χ0) is 25.9. The van der Waals surface area contributed by atoms with E-state index >= 15 is 0 Å². The molecule has 38 heavy (non-hydrogen) atoms. The third kappa shape index (κ3) is 5.32. The van der Waals surface area contributed by atoms with Crippen LogP contribution in [0.5, 0.6) is 0 Å². The number of furan rings is 1. The van der Waals surface area contributed by atoms with Crippen LogP contribution in [0.3, 0.4) is 0 Å². The number of piperidine rings is 1. The van der Waals surface area contributed by atoms with Gasteiger partial charge in [0.25, 0.3) is 11.1 Å². The van der Waals surface area contributed by atoms with Crippen LogP contribution in [0, 0.1) is 5.92 Å². The molecule has 2 N–H and O–H groups in total. The number of rotatable bonds is 7. The number of nitrogens with zero attached hydrogens (tertiary/aromatic N) is 4. The first-order valence-electron chi connectivity index (χ1n) is 12.6. The van der Waals surface area contributed by atoms with Crippen molar-refractivity contribution < 1.29 is 14.0 Å². The van der Waals surface area contributed by atoms with Crippen molar-refractivity contribution in [1.29, 1.82) is 0 Å². The molecule has 1 aromatic carbocycles. The minimum absolute atomic E-state index is 0.349. The standard InChI is InChI=1S/C28H26N6O3S/c35-26-24(38-28(36)33-26)14-22-5-9-30-27(31-22)34-10-6-18(7-11-34)15-29-16-21-13-19-3-1-2-4-23(19)32-25(21)20-8-12-37-17-20/h1-5,8-9,12-14,17-18,29H,6-7,10-11,15-16H2,(H,33,35,36)/b24-14+. The Morgan fingerprint density at radius 3 is 2.79 bits per heavy atom. The van der Waals surface area contributed by atoms with Gasteiger partial charge in [-0.25, -0.2) is 15.0 Å². The number of hydrogen-bond donors (Lipinski definition) is 2. The average Bonchev–Trinajstić information content (AvgIpc) is 3.58. The van der Waals surface area contributed by atoms with Gasteiger partial charge in [0.15, 0.2) is 0 Å². The molecule has 2 aliphatic heterocycles. The summed E-state index contributed by atoms with van der Waals surface area (Å²) in [5.41, 5.74) is 4.67. The van der Waals surface area contributed by atoms with Crippen molar-refractivity contribution >= 4 is 45.8 Å². The normalized spacial score (nSPS) is 17.5. The molecule has 2 saturated heterocycles. The Labute approximate surface area is 223 Å². The van der Waals surface area contributed by atoms with Crippen LogP contribution in [0.4, 0.5) is 10.7 Å². The number of fused-ring (bicyclic) bond motifs is 1. The van der Waals surface area contributed by atoms with E-state index in [9.17, 15) is 9.59 Å². The average molecular weight is 527 g/mol.